The molecular weight excluding hydrogens is 268 g/mol. The van der Waals surface area contributed by atoms with Crippen molar-refractivity contribution < 1.29 is 9.26 Å². The highest BCUT2D eigenvalue weighted by molar-refractivity contribution is 5.62. The first kappa shape index (κ1) is 14.0. The molecule has 6 heteroatoms. The summed E-state index contributed by atoms with van der Waals surface area (Å²) >= 11 is 0. The van der Waals surface area contributed by atoms with Gasteiger partial charge >= 0.3 is 0 Å². The summed E-state index contributed by atoms with van der Waals surface area (Å²) in [5, 5.41) is 4.02. The van der Waals surface area contributed by atoms with E-state index in [0.717, 1.165) is 25.2 Å². The van der Waals surface area contributed by atoms with Gasteiger partial charge < -0.3 is 19.9 Å². The minimum absolute atomic E-state index is 0.227. The molecule has 2 aromatic rings. The van der Waals surface area contributed by atoms with Crippen LogP contribution in [0.25, 0.3) is 11.5 Å². The summed E-state index contributed by atoms with van der Waals surface area (Å²) in [5.41, 5.74) is 6.96. The van der Waals surface area contributed by atoms with Crippen LogP contribution in [0.2, 0.25) is 0 Å². The third-order valence-corrected chi connectivity index (χ3v) is 3.76. The summed E-state index contributed by atoms with van der Waals surface area (Å²) in [4.78, 5) is 6.76. The number of benzene rings is 1. The molecule has 1 aliphatic rings. The molecule has 1 aliphatic heterocycles. The Morgan fingerprint density at radius 1 is 1.33 bits per heavy atom. The Morgan fingerprint density at radius 2 is 2.10 bits per heavy atom. The normalized spacial score (nSPS) is 17.0. The number of para-hydroxylation sites is 1. The van der Waals surface area contributed by atoms with E-state index in [1.165, 1.54) is 12.8 Å². The fourth-order valence-corrected chi connectivity index (χ4v) is 2.64. The average Bonchev–Trinajstić information content (AvgIpc) is 3.18. The van der Waals surface area contributed by atoms with Gasteiger partial charge in [-0.3, -0.25) is 0 Å². The molecule has 112 valence electrons. The van der Waals surface area contributed by atoms with Crippen LogP contribution in [0.4, 0.5) is 0 Å². The lowest BCUT2D eigenvalue weighted by molar-refractivity contribution is 0.306. The largest absolute Gasteiger partial charge is 0.496 e. The molecular formula is C15H20N4O2. The van der Waals surface area contributed by atoms with Gasteiger partial charge in [0.1, 0.15) is 5.75 Å². The molecule has 1 unspecified atom stereocenters. The predicted octanol–water partition coefficient (Wildman–Crippen LogP) is 1.84. The van der Waals surface area contributed by atoms with E-state index in [2.05, 4.69) is 15.0 Å². The topological polar surface area (TPSA) is 77.4 Å². The molecule has 0 aliphatic carbocycles. The van der Waals surface area contributed by atoms with Gasteiger partial charge in [-0.15, -0.1) is 0 Å². The lowest BCUT2D eigenvalue weighted by Gasteiger charge is -2.17. The van der Waals surface area contributed by atoms with Gasteiger partial charge in [0, 0.05) is 6.54 Å². The van der Waals surface area contributed by atoms with Crippen molar-refractivity contribution in [2.45, 2.75) is 18.9 Å². The van der Waals surface area contributed by atoms with Gasteiger partial charge in [-0.1, -0.05) is 17.3 Å². The van der Waals surface area contributed by atoms with Gasteiger partial charge in [0.05, 0.1) is 18.7 Å². The van der Waals surface area contributed by atoms with Crippen molar-refractivity contribution in [1.29, 1.82) is 0 Å². The summed E-state index contributed by atoms with van der Waals surface area (Å²) in [6, 6.07) is 7.34. The molecule has 3 rings (SSSR count). The highest BCUT2D eigenvalue weighted by Crippen LogP contribution is 2.28. The lowest BCUT2D eigenvalue weighted by atomic mass is 10.2. The molecule has 0 saturated carbocycles. The van der Waals surface area contributed by atoms with Gasteiger partial charge in [-0.25, -0.2) is 0 Å². The van der Waals surface area contributed by atoms with Gasteiger partial charge in [0.25, 0.3) is 5.89 Å². The summed E-state index contributed by atoms with van der Waals surface area (Å²) in [6.45, 7) is 2.97. The molecule has 0 radical (unpaired) electrons. The third-order valence-electron chi connectivity index (χ3n) is 3.76. The maximum Gasteiger partial charge on any atom is 0.261 e. The van der Waals surface area contributed by atoms with E-state index in [1.54, 1.807) is 7.11 Å². The molecule has 1 aromatic heterocycles. The molecule has 0 amide bonds. The second-order valence-corrected chi connectivity index (χ2v) is 5.27. The lowest BCUT2D eigenvalue weighted by Crippen LogP contribution is -2.30. The van der Waals surface area contributed by atoms with Crippen molar-refractivity contribution >= 4 is 0 Å². The summed E-state index contributed by atoms with van der Waals surface area (Å²) in [7, 11) is 1.62. The van der Waals surface area contributed by atoms with E-state index in [9.17, 15) is 0 Å². The quantitative estimate of drug-likeness (QED) is 0.904. The van der Waals surface area contributed by atoms with Crippen LogP contribution in [0.5, 0.6) is 5.75 Å². The highest BCUT2D eigenvalue weighted by atomic mass is 16.5. The van der Waals surface area contributed by atoms with Crippen molar-refractivity contribution in [3.63, 3.8) is 0 Å². The summed E-state index contributed by atoms with van der Waals surface area (Å²) < 4.78 is 10.6. The van der Waals surface area contributed by atoms with Gasteiger partial charge in [-0.2, -0.15) is 4.98 Å². The molecule has 1 fully saturated rings. The first-order valence-corrected chi connectivity index (χ1v) is 7.23. The molecule has 1 atom stereocenters. The number of nitrogens with zero attached hydrogens (tertiary/aromatic N) is 3. The van der Waals surface area contributed by atoms with Gasteiger partial charge in [0.2, 0.25) is 0 Å². The molecule has 1 saturated heterocycles. The summed E-state index contributed by atoms with van der Waals surface area (Å²) in [5.74, 6) is 1.70. The van der Waals surface area contributed by atoms with E-state index in [-0.39, 0.29) is 6.04 Å². The number of nitrogens with two attached hydrogens (primary N) is 1. The predicted molar refractivity (Wildman–Crippen MR) is 78.9 cm³/mol. The monoisotopic (exact) mass is 288 g/mol. The van der Waals surface area contributed by atoms with Crippen molar-refractivity contribution in [3.05, 3.63) is 30.1 Å². The Hall–Kier alpha value is -1.92. The Labute approximate surface area is 123 Å². The zero-order valence-corrected chi connectivity index (χ0v) is 12.2. The molecule has 21 heavy (non-hydrogen) atoms. The molecule has 0 spiro atoms. The molecule has 2 heterocycles. The van der Waals surface area contributed by atoms with E-state index >= 15 is 0 Å². The van der Waals surface area contributed by atoms with Crippen molar-refractivity contribution in [3.8, 4) is 17.2 Å². The minimum Gasteiger partial charge on any atom is -0.496 e. The van der Waals surface area contributed by atoms with E-state index in [0.29, 0.717) is 17.5 Å². The minimum atomic E-state index is -0.227. The Balaban J connectivity index is 1.76. The number of aromatic nitrogens is 2. The number of ether oxygens (including phenoxy) is 1. The first-order chi connectivity index (χ1) is 10.3. The van der Waals surface area contributed by atoms with Crippen LogP contribution in [-0.2, 0) is 0 Å². The van der Waals surface area contributed by atoms with E-state index in [1.807, 2.05) is 24.3 Å². The molecule has 2 N–H and O–H groups in total. The number of likely N-dealkylation sites (tertiary alicyclic amines) is 1. The van der Waals surface area contributed by atoms with Gasteiger partial charge in [-0.05, 0) is 38.1 Å². The fraction of sp³-hybridized carbons (Fsp3) is 0.467. The number of hydrogen-bond donors (Lipinski definition) is 1. The van der Waals surface area contributed by atoms with E-state index in [4.69, 9.17) is 15.0 Å². The van der Waals surface area contributed by atoms with Crippen LogP contribution in [-0.4, -0.2) is 41.8 Å². The van der Waals surface area contributed by atoms with Crippen LogP contribution in [0.15, 0.2) is 28.8 Å². The maximum absolute atomic E-state index is 6.18. The fourth-order valence-electron chi connectivity index (χ4n) is 2.64. The number of methoxy groups -OCH3 is 1. The standard InChI is InChI=1S/C15H20N4O2/c1-20-13-7-3-2-6-11(13)15-17-14(18-21-15)12(16)10-19-8-4-5-9-19/h2-3,6-7,12H,4-5,8-10,16H2,1H3. The SMILES string of the molecule is COc1ccccc1-c1nc(C(N)CN2CCCC2)no1. The van der Waals surface area contributed by atoms with Crippen molar-refractivity contribution in [2.75, 3.05) is 26.7 Å². The molecule has 1 aromatic carbocycles. The number of hydrogen-bond acceptors (Lipinski definition) is 6. The second kappa shape index (κ2) is 6.24. The first-order valence-electron chi connectivity index (χ1n) is 7.23. The second-order valence-electron chi connectivity index (χ2n) is 5.27. The van der Waals surface area contributed by atoms with Crippen LogP contribution in [0, 0.1) is 0 Å². The smallest absolute Gasteiger partial charge is 0.261 e. The van der Waals surface area contributed by atoms with E-state index < -0.39 is 0 Å². The van der Waals surface area contributed by atoms with Crippen LogP contribution < -0.4 is 10.5 Å². The Kier molecular flexibility index (Phi) is 4.17. The Morgan fingerprint density at radius 3 is 2.86 bits per heavy atom. The summed E-state index contributed by atoms with van der Waals surface area (Å²) in [6.07, 6.45) is 2.48. The average molecular weight is 288 g/mol. The van der Waals surface area contributed by atoms with Crippen LogP contribution in [0.1, 0.15) is 24.7 Å². The Bertz CT molecular complexity index is 593. The molecule has 0 bridgehead atoms. The van der Waals surface area contributed by atoms with Crippen molar-refractivity contribution in [2.24, 2.45) is 5.73 Å². The zero-order valence-electron chi connectivity index (χ0n) is 12.2. The zero-order chi connectivity index (χ0) is 14.7. The van der Waals surface area contributed by atoms with Crippen molar-refractivity contribution in [1.82, 2.24) is 15.0 Å². The van der Waals surface area contributed by atoms with Gasteiger partial charge in [0.15, 0.2) is 5.82 Å². The third kappa shape index (κ3) is 3.06. The van der Waals surface area contributed by atoms with Crippen LogP contribution in [0.3, 0.4) is 0 Å². The molecule has 6 nitrogen and oxygen atoms in total. The highest BCUT2D eigenvalue weighted by Gasteiger charge is 2.21. The number of rotatable bonds is 5. The van der Waals surface area contributed by atoms with Crippen LogP contribution >= 0.6 is 0 Å². The maximum atomic E-state index is 6.18.